The lowest BCUT2D eigenvalue weighted by molar-refractivity contribution is 0.102. The molecule has 0 aliphatic heterocycles. The van der Waals surface area contributed by atoms with Crippen molar-refractivity contribution in [1.29, 1.82) is 0 Å². The molecule has 0 aliphatic rings. The molecule has 0 fully saturated rings. The van der Waals surface area contributed by atoms with Crippen molar-refractivity contribution in [2.45, 2.75) is 6.92 Å². The van der Waals surface area contributed by atoms with Crippen LogP contribution in [0, 0.1) is 12.7 Å². The number of benzene rings is 3. The van der Waals surface area contributed by atoms with E-state index in [1.807, 2.05) is 66.9 Å². The Morgan fingerprint density at radius 3 is 2.47 bits per heavy atom. The molecule has 5 rings (SSSR count). The Kier molecular flexibility index (Phi) is 5.21. The van der Waals surface area contributed by atoms with E-state index < -0.39 is 0 Å². The number of anilines is 1. The first kappa shape index (κ1) is 20.0. The van der Waals surface area contributed by atoms with Gasteiger partial charge >= 0.3 is 0 Å². The van der Waals surface area contributed by atoms with E-state index in [9.17, 15) is 9.18 Å². The Morgan fingerprint density at radius 2 is 1.66 bits per heavy atom. The zero-order valence-electron chi connectivity index (χ0n) is 17.2. The molecule has 0 radical (unpaired) electrons. The van der Waals surface area contributed by atoms with Crippen LogP contribution in [0.1, 0.15) is 15.9 Å². The molecule has 0 bridgehead atoms. The molecule has 156 valence electrons. The molecule has 5 aromatic rings. The van der Waals surface area contributed by atoms with Gasteiger partial charge in [0.15, 0.2) is 5.13 Å². The van der Waals surface area contributed by atoms with Crippen molar-refractivity contribution in [3.63, 3.8) is 0 Å². The highest BCUT2D eigenvalue weighted by Crippen LogP contribution is 2.29. The molecule has 0 spiro atoms. The number of aromatic nitrogens is 2. The summed E-state index contributed by atoms with van der Waals surface area (Å²) in [4.78, 5) is 22.5. The van der Waals surface area contributed by atoms with E-state index in [2.05, 4.69) is 10.3 Å². The summed E-state index contributed by atoms with van der Waals surface area (Å²) >= 11 is 1.33. The minimum Gasteiger partial charge on any atom is -0.298 e. The monoisotopic (exact) mass is 439 g/mol. The second kappa shape index (κ2) is 8.32. The van der Waals surface area contributed by atoms with Crippen LogP contribution in [-0.4, -0.2) is 15.9 Å². The molecule has 2 aromatic heterocycles. The van der Waals surface area contributed by atoms with Gasteiger partial charge < -0.3 is 0 Å². The number of thiazole rings is 1. The van der Waals surface area contributed by atoms with Crippen molar-refractivity contribution < 1.29 is 9.18 Å². The number of hydrogen-bond donors (Lipinski definition) is 1. The summed E-state index contributed by atoms with van der Waals surface area (Å²) < 4.78 is 13.2. The fourth-order valence-electron chi connectivity index (χ4n) is 3.61. The number of hydrogen-bond acceptors (Lipinski definition) is 4. The molecule has 6 heteroatoms. The van der Waals surface area contributed by atoms with Crippen LogP contribution in [0.25, 0.3) is 33.4 Å². The molecule has 32 heavy (non-hydrogen) atoms. The Labute approximate surface area is 188 Å². The van der Waals surface area contributed by atoms with Crippen molar-refractivity contribution in [2.75, 3.05) is 5.32 Å². The molecular formula is C26H18FN3OS. The lowest BCUT2D eigenvalue weighted by atomic mass is 10.0. The van der Waals surface area contributed by atoms with Crippen molar-refractivity contribution >= 4 is 33.3 Å². The van der Waals surface area contributed by atoms with Gasteiger partial charge in [0.2, 0.25) is 0 Å². The number of rotatable bonds is 4. The fourth-order valence-corrected chi connectivity index (χ4v) is 4.33. The molecule has 0 atom stereocenters. The van der Waals surface area contributed by atoms with Crippen LogP contribution in [0.5, 0.6) is 0 Å². The van der Waals surface area contributed by atoms with Gasteiger partial charge in [-0.3, -0.25) is 10.1 Å². The first-order valence-electron chi connectivity index (χ1n) is 10.1. The second-order valence-corrected chi connectivity index (χ2v) is 8.24. The topological polar surface area (TPSA) is 54.9 Å². The molecule has 3 aromatic carbocycles. The SMILES string of the molecule is Cc1ccccc1-c1cc(C(=O)Nc2nc(-c3ccc(F)cc3)cs2)c2ccccc2n1. The lowest BCUT2D eigenvalue weighted by Gasteiger charge is -2.11. The van der Waals surface area contributed by atoms with E-state index in [4.69, 9.17) is 4.98 Å². The molecular weight excluding hydrogens is 421 g/mol. The Balaban J connectivity index is 1.51. The molecule has 4 nitrogen and oxygen atoms in total. The van der Waals surface area contributed by atoms with Gasteiger partial charge in [0.25, 0.3) is 5.91 Å². The third-order valence-electron chi connectivity index (χ3n) is 5.25. The van der Waals surface area contributed by atoms with Crippen molar-refractivity contribution in [3.8, 4) is 22.5 Å². The summed E-state index contributed by atoms with van der Waals surface area (Å²) in [6.07, 6.45) is 0. The van der Waals surface area contributed by atoms with Gasteiger partial charge in [0.05, 0.1) is 22.5 Å². The first-order valence-corrected chi connectivity index (χ1v) is 10.9. The number of carbonyl (C=O) groups excluding carboxylic acids is 1. The number of nitrogens with one attached hydrogen (secondary N) is 1. The summed E-state index contributed by atoms with van der Waals surface area (Å²) in [5.74, 6) is -0.551. The van der Waals surface area contributed by atoms with Crippen molar-refractivity contribution in [2.24, 2.45) is 0 Å². The predicted molar refractivity (Wildman–Crippen MR) is 127 cm³/mol. The standard InChI is InChI=1S/C26H18FN3OS/c1-16-6-2-3-7-19(16)23-14-21(20-8-4-5-9-22(20)28-23)25(31)30-26-29-24(15-32-26)17-10-12-18(27)13-11-17/h2-15H,1H3,(H,29,30,31). The number of fused-ring (bicyclic) bond motifs is 1. The molecule has 0 saturated heterocycles. The minimum atomic E-state index is -0.300. The van der Waals surface area contributed by atoms with Gasteiger partial charge in [-0.05, 0) is 48.9 Å². The number of halogens is 1. The Bertz CT molecular complexity index is 1440. The van der Waals surface area contributed by atoms with Crippen molar-refractivity contribution in [3.05, 3.63) is 101 Å². The van der Waals surface area contributed by atoms with Gasteiger partial charge in [0, 0.05) is 21.9 Å². The summed E-state index contributed by atoms with van der Waals surface area (Å²) in [6, 6.07) is 23.5. The third kappa shape index (κ3) is 3.88. The van der Waals surface area contributed by atoms with Gasteiger partial charge in [-0.25, -0.2) is 14.4 Å². The van der Waals surface area contributed by atoms with Gasteiger partial charge in [-0.15, -0.1) is 11.3 Å². The first-order chi connectivity index (χ1) is 15.6. The normalized spacial score (nSPS) is 10.9. The highest BCUT2D eigenvalue weighted by Gasteiger charge is 2.16. The summed E-state index contributed by atoms with van der Waals surface area (Å²) in [5, 5.41) is 6.01. The van der Waals surface area contributed by atoms with Gasteiger partial charge in [-0.1, -0.05) is 42.5 Å². The largest absolute Gasteiger partial charge is 0.298 e. The summed E-state index contributed by atoms with van der Waals surface area (Å²) in [7, 11) is 0. The van der Waals surface area contributed by atoms with E-state index in [1.54, 1.807) is 12.1 Å². The van der Waals surface area contributed by atoms with E-state index in [-0.39, 0.29) is 11.7 Å². The maximum absolute atomic E-state index is 13.3. The van der Waals surface area contributed by atoms with Crippen LogP contribution in [0.15, 0.2) is 84.2 Å². The molecule has 1 N–H and O–H groups in total. The minimum absolute atomic E-state index is 0.251. The quantitative estimate of drug-likeness (QED) is 0.338. The smallest absolute Gasteiger partial charge is 0.258 e. The molecule has 0 unspecified atom stereocenters. The third-order valence-corrected chi connectivity index (χ3v) is 6.00. The number of pyridine rings is 1. The van der Waals surface area contributed by atoms with Crippen molar-refractivity contribution in [1.82, 2.24) is 9.97 Å². The zero-order valence-corrected chi connectivity index (χ0v) is 18.0. The molecule has 0 saturated carbocycles. The molecule has 2 heterocycles. The van der Waals surface area contributed by atoms with Crippen LogP contribution in [-0.2, 0) is 0 Å². The zero-order chi connectivity index (χ0) is 22.1. The van der Waals surface area contributed by atoms with E-state index >= 15 is 0 Å². The summed E-state index contributed by atoms with van der Waals surface area (Å²) in [6.45, 7) is 2.03. The highest BCUT2D eigenvalue weighted by atomic mass is 32.1. The maximum Gasteiger partial charge on any atom is 0.258 e. The van der Waals surface area contributed by atoms with E-state index in [0.29, 0.717) is 16.4 Å². The van der Waals surface area contributed by atoms with Crippen LogP contribution in [0.4, 0.5) is 9.52 Å². The average molecular weight is 440 g/mol. The predicted octanol–water partition coefficient (Wildman–Crippen LogP) is 6.73. The van der Waals surface area contributed by atoms with Gasteiger partial charge in [0.1, 0.15) is 5.82 Å². The number of amides is 1. The Morgan fingerprint density at radius 1 is 0.906 bits per heavy atom. The average Bonchev–Trinajstić information content (AvgIpc) is 3.27. The maximum atomic E-state index is 13.3. The Hall–Kier alpha value is -3.90. The second-order valence-electron chi connectivity index (χ2n) is 7.39. The lowest BCUT2D eigenvalue weighted by Crippen LogP contribution is -2.13. The van der Waals surface area contributed by atoms with Crippen LogP contribution < -0.4 is 5.32 Å². The van der Waals surface area contributed by atoms with Crippen LogP contribution >= 0.6 is 11.3 Å². The van der Waals surface area contributed by atoms with Crippen LogP contribution in [0.2, 0.25) is 0 Å². The highest BCUT2D eigenvalue weighted by molar-refractivity contribution is 7.14. The number of carbonyl (C=O) groups is 1. The van der Waals surface area contributed by atoms with E-state index in [0.717, 1.165) is 33.3 Å². The van der Waals surface area contributed by atoms with Gasteiger partial charge in [-0.2, -0.15) is 0 Å². The summed E-state index contributed by atoms with van der Waals surface area (Å²) in [5.41, 5.74) is 5.59. The fraction of sp³-hybridized carbons (Fsp3) is 0.0385. The van der Waals surface area contributed by atoms with E-state index in [1.165, 1.54) is 23.5 Å². The number of para-hydroxylation sites is 1. The molecule has 1 amide bonds. The van der Waals surface area contributed by atoms with Crippen LogP contribution in [0.3, 0.4) is 0 Å². The number of aryl methyl sites for hydroxylation is 1. The molecule has 0 aliphatic carbocycles. The number of nitrogens with zero attached hydrogens (tertiary/aromatic N) is 2.